The van der Waals surface area contributed by atoms with E-state index in [-0.39, 0.29) is 5.70 Å². The van der Waals surface area contributed by atoms with Gasteiger partial charge in [-0.25, -0.2) is 14.4 Å². The third-order valence-electron chi connectivity index (χ3n) is 2.67. The molecule has 0 aliphatic carbocycles. The zero-order valence-corrected chi connectivity index (χ0v) is 14.3. The van der Waals surface area contributed by atoms with Crippen LogP contribution in [0.25, 0.3) is 0 Å². The van der Waals surface area contributed by atoms with Gasteiger partial charge < -0.3 is 19.5 Å². The molecule has 0 aliphatic rings. The summed E-state index contributed by atoms with van der Waals surface area (Å²) in [4.78, 5) is 34.9. The summed E-state index contributed by atoms with van der Waals surface area (Å²) in [6.45, 7) is 5.34. The van der Waals surface area contributed by atoms with Crippen LogP contribution in [0.15, 0.2) is 36.0 Å². The number of nitrogens with one attached hydrogen (secondary N) is 1. The molecule has 1 aromatic carbocycles. The molecule has 0 radical (unpaired) electrons. The van der Waals surface area contributed by atoms with Gasteiger partial charge in [0.2, 0.25) is 0 Å². The van der Waals surface area contributed by atoms with Gasteiger partial charge in [-0.15, -0.1) is 0 Å². The zero-order chi connectivity index (χ0) is 18.3. The number of hydrogen-bond acceptors (Lipinski definition) is 7. The molecule has 7 heteroatoms. The monoisotopic (exact) mass is 335 g/mol. The van der Waals surface area contributed by atoms with Crippen LogP contribution in [0.5, 0.6) is 0 Å². The van der Waals surface area contributed by atoms with Crippen LogP contribution >= 0.6 is 0 Å². The van der Waals surface area contributed by atoms with Crippen molar-refractivity contribution in [1.29, 1.82) is 0 Å². The fourth-order valence-electron chi connectivity index (χ4n) is 1.61. The van der Waals surface area contributed by atoms with Crippen LogP contribution in [0.1, 0.15) is 31.1 Å². The van der Waals surface area contributed by atoms with E-state index in [4.69, 9.17) is 4.74 Å². The lowest BCUT2D eigenvalue weighted by molar-refractivity contribution is -0.138. The van der Waals surface area contributed by atoms with Crippen molar-refractivity contribution >= 4 is 23.6 Å². The van der Waals surface area contributed by atoms with E-state index in [2.05, 4.69) is 14.8 Å². The molecule has 0 spiro atoms. The van der Waals surface area contributed by atoms with Crippen molar-refractivity contribution < 1.29 is 28.6 Å². The molecule has 0 amide bonds. The average molecular weight is 335 g/mol. The molecule has 0 aromatic heterocycles. The Morgan fingerprint density at radius 1 is 1.00 bits per heavy atom. The van der Waals surface area contributed by atoms with Crippen molar-refractivity contribution in [3.8, 4) is 0 Å². The van der Waals surface area contributed by atoms with Gasteiger partial charge in [-0.2, -0.15) is 0 Å². The van der Waals surface area contributed by atoms with Gasteiger partial charge in [0.1, 0.15) is 11.3 Å². The second-order valence-electron chi connectivity index (χ2n) is 5.78. The van der Waals surface area contributed by atoms with Crippen molar-refractivity contribution in [1.82, 2.24) is 0 Å². The van der Waals surface area contributed by atoms with Gasteiger partial charge in [0.25, 0.3) is 0 Å². The summed E-state index contributed by atoms with van der Waals surface area (Å²) in [6.07, 6.45) is 0.980. The minimum Gasteiger partial charge on any atom is -0.466 e. The van der Waals surface area contributed by atoms with E-state index < -0.39 is 23.5 Å². The molecule has 0 fully saturated rings. The molecule has 0 bridgehead atoms. The van der Waals surface area contributed by atoms with Crippen LogP contribution in [0.4, 0.5) is 5.69 Å². The summed E-state index contributed by atoms with van der Waals surface area (Å²) in [5, 5.41) is 2.74. The highest BCUT2D eigenvalue weighted by molar-refractivity contribution is 5.98. The number of esters is 3. The number of rotatable bonds is 5. The number of methoxy groups -OCH3 is 2. The molecular formula is C17H21NO6. The van der Waals surface area contributed by atoms with Gasteiger partial charge in [0, 0.05) is 5.69 Å². The highest BCUT2D eigenvalue weighted by Gasteiger charge is 2.18. The largest absolute Gasteiger partial charge is 0.466 e. The predicted octanol–water partition coefficient (Wildman–Crippen LogP) is 2.28. The Morgan fingerprint density at radius 2 is 1.58 bits per heavy atom. The van der Waals surface area contributed by atoms with E-state index in [9.17, 15) is 14.4 Å². The third-order valence-corrected chi connectivity index (χ3v) is 2.67. The summed E-state index contributed by atoms with van der Waals surface area (Å²) in [6, 6.07) is 6.24. The second-order valence-corrected chi connectivity index (χ2v) is 5.78. The lowest BCUT2D eigenvalue weighted by atomic mass is 10.1. The fraction of sp³-hybridized carbons (Fsp3) is 0.353. The molecule has 0 saturated carbocycles. The summed E-state index contributed by atoms with van der Waals surface area (Å²) in [7, 11) is 2.39. The molecule has 24 heavy (non-hydrogen) atoms. The van der Waals surface area contributed by atoms with Crippen molar-refractivity contribution in [3.05, 3.63) is 41.6 Å². The third kappa shape index (κ3) is 6.12. The van der Waals surface area contributed by atoms with Crippen LogP contribution in [0, 0.1) is 0 Å². The predicted molar refractivity (Wildman–Crippen MR) is 87.3 cm³/mol. The Balaban J connectivity index is 2.91. The van der Waals surface area contributed by atoms with Crippen LogP contribution in [0.2, 0.25) is 0 Å². The van der Waals surface area contributed by atoms with E-state index >= 15 is 0 Å². The Bertz CT molecular complexity index is 640. The number of carbonyl (C=O) groups excluding carboxylic acids is 3. The molecule has 1 rings (SSSR count). The quantitative estimate of drug-likeness (QED) is 0.501. The standard InChI is InChI=1S/C17H21NO6/c1-17(2,3)24-15(20)11-6-8-12(9-7-11)18-13(16(21)23-5)10-14(19)22-4/h6-10,18H,1-5H3/b13-10+. The van der Waals surface area contributed by atoms with Gasteiger partial charge in [0.15, 0.2) is 0 Å². The average Bonchev–Trinajstić information content (AvgIpc) is 2.52. The van der Waals surface area contributed by atoms with Crippen LogP contribution in [-0.4, -0.2) is 37.7 Å². The molecule has 0 aliphatic heterocycles. The Labute approximate surface area is 140 Å². The number of hydrogen-bond donors (Lipinski definition) is 1. The molecule has 0 saturated heterocycles. The SMILES string of the molecule is COC(=O)/C=C(/Nc1ccc(C(=O)OC(C)(C)C)cc1)C(=O)OC. The maximum Gasteiger partial charge on any atom is 0.354 e. The zero-order valence-electron chi connectivity index (χ0n) is 14.3. The van der Waals surface area contributed by atoms with Crippen molar-refractivity contribution in [3.63, 3.8) is 0 Å². The molecular weight excluding hydrogens is 314 g/mol. The highest BCUT2D eigenvalue weighted by Crippen LogP contribution is 2.16. The first-order chi connectivity index (χ1) is 11.2. The lowest BCUT2D eigenvalue weighted by Gasteiger charge is -2.19. The minimum atomic E-state index is -0.725. The van der Waals surface area contributed by atoms with E-state index in [0.29, 0.717) is 11.3 Å². The van der Waals surface area contributed by atoms with Crippen molar-refractivity contribution in [2.75, 3.05) is 19.5 Å². The lowest BCUT2D eigenvalue weighted by Crippen LogP contribution is -2.23. The first-order valence-electron chi connectivity index (χ1n) is 7.14. The molecule has 0 heterocycles. The van der Waals surface area contributed by atoms with Gasteiger partial charge >= 0.3 is 17.9 Å². The number of ether oxygens (including phenoxy) is 3. The normalized spacial score (nSPS) is 11.5. The van der Waals surface area contributed by atoms with Crippen LogP contribution in [-0.2, 0) is 23.8 Å². The number of carbonyl (C=O) groups is 3. The van der Waals surface area contributed by atoms with Gasteiger partial charge in [-0.1, -0.05) is 0 Å². The summed E-state index contributed by atoms with van der Waals surface area (Å²) >= 11 is 0. The molecule has 1 aromatic rings. The van der Waals surface area contributed by atoms with Gasteiger partial charge in [-0.3, -0.25) is 0 Å². The Kier molecular flexibility index (Phi) is 6.52. The summed E-state index contributed by atoms with van der Waals surface area (Å²) in [5.41, 5.74) is 0.180. The molecule has 7 nitrogen and oxygen atoms in total. The highest BCUT2D eigenvalue weighted by atomic mass is 16.6. The molecule has 0 unspecified atom stereocenters. The second kappa shape index (κ2) is 8.14. The van der Waals surface area contributed by atoms with Crippen molar-refractivity contribution in [2.45, 2.75) is 26.4 Å². The van der Waals surface area contributed by atoms with E-state index in [1.807, 2.05) is 0 Å². The van der Waals surface area contributed by atoms with Gasteiger partial charge in [0.05, 0.1) is 25.9 Å². The van der Waals surface area contributed by atoms with Crippen LogP contribution in [0.3, 0.4) is 0 Å². The maximum atomic E-state index is 11.9. The maximum absolute atomic E-state index is 11.9. The van der Waals surface area contributed by atoms with E-state index in [0.717, 1.165) is 6.08 Å². The first-order valence-corrected chi connectivity index (χ1v) is 7.14. The summed E-state index contributed by atoms with van der Waals surface area (Å²) < 4.78 is 14.3. The summed E-state index contributed by atoms with van der Waals surface area (Å²) in [5.74, 6) is -1.88. The topological polar surface area (TPSA) is 90.9 Å². The smallest absolute Gasteiger partial charge is 0.354 e. The van der Waals surface area contributed by atoms with E-state index in [1.54, 1.807) is 45.0 Å². The van der Waals surface area contributed by atoms with Gasteiger partial charge in [-0.05, 0) is 45.0 Å². The molecule has 1 N–H and O–H groups in total. The fourth-order valence-corrected chi connectivity index (χ4v) is 1.61. The molecule has 130 valence electrons. The van der Waals surface area contributed by atoms with Crippen molar-refractivity contribution in [2.24, 2.45) is 0 Å². The Morgan fingerprint density at radius 3 is 2.04 bits per heavy atom. The number of benzene rings is 1. The van der Waals surface area contributed by atoms with Crippen LogP contribution < -0.4 is 5.32 Å². The molecule has 0 atom stereocenters. The van der Waals surface area contributed by atoms with E-state index in [1.165, 1.54) is 14.2 Å². The first kappa shape index (κ1) is 19.2. The minimum absolute atomic E-state index is 0.0885. The number of anilines is 1. The Hall–Kier alpha value is -2.83.